The van der Waals surface area contributed by atoms with Gasteiger partial charge in [-0.2, -0.15) is 0 Å². The maximum absolute atomic E-state index is 8.53. The monoisotopic (exact) mass is 378 g/mol. The molecule has 0 aromatic heterocycles. The largest absolute Gasteiger partial charge is 0.394 e. The molecule has 0 heterocycles. The van der Waals surface area contributed by atoms with Crippen molar-refractivity contribution in [2.45, 2.75) is 52.4 Å². The van der Waals surface area contributed by atoms with E-state index in [1.165, 1.54) is 32.1 Å². The molecule has 0 radical (unpaired) electrons. The third-order valence-corrected chi connectivity index (χ3v) is 4.01. The Hall–Kier alpha value is -0.240. The minimum Gasteiger partial charge on any atom is -0.394 e. The molecule has 0 aromatic rings. The first-order valence-corrected chi connectivity index (χ1v) is 10.3. The van der Waals surface area contributed by atoms with Crippen molar-refractivity contribution < 1.29 is 28.8 Å². The fraction of sp³-hybridized carbons (Fsp3) is 1.00. The lowest BCUT2D eigenvalue weighted by Gasteiger charge is -2.10. The van der Waals surface area contributed by atoms with Gasteiger partial charge >= 0.3 is 0 Å². The van der Waals surface area contributed by atoms with Crippen molar-refractivity contribution >= 4 is 0 Å². The van der Waals surface area contributed by atoms with Gasteiger partial charge in [-0.25, -0.2) is 0 Å². The van der Waals surface area contributed by atoms with Crippen LogP contribution in [0.1, 0.15) is 52.4 Å². The van der Waals surface area contributed by atoms with Crippen LogP contribution in [0.15, 0.2) is 0 Å². The summed E-state index contributed by atoms with van der Waals surface area (Å²) in [6.07, 6.45) is 7.73. The first-order chi connectivity index (χ1) is 12.8. The third kappa shape index (κ3) is 21.8. The van der Waals surface area contributed by atoms with E-state index in [4.69, 9.17) is 28.8 Å². The van der Waals surface area contributed by atoms with Crippen molar-refractivity contribution in [3.05, 3.63) is 0 Å². The molecule has 1 atom stereocenters. The lowest BCUT2D eigenvalue weighted by Crippen LogP contribution is -2.13. The topological polar surface area (TPSA) is 66.4 Å². The molecule has 6 nitrogen and oxygen atoms in total. The summed E-state index contributed by atoms with van der Waals surface area (Å²) in [6, 6.07) is 0. The predicted octanol–water partition coefficient (Wildman–Crippen LogP) is 3.06. The fourth-order valence-corrected chi connectivity index (χ4v) is 2.44. The molecule has 0 aliphatic carbocycles. The number of aliphatic hydroxyl groups is 1. The molecule has 0 aliphatic heterocycles. The van der Waals surface area contributed by atoms with Gasteiger partial charge in [-0.15, -0.1) is 0 Å². The SMILES string of the molecule is CCCCC(C)CCCCOCCOCCOCCOCCOCCO. The van der Waals surface area contributed by atoms with Crippen LogP contribution >= 0.6 is 0 Å². The Balaban J connectivity index is 3.03. The molecule has 0 amide bonds. The van der Waals surface area contributed by atoms with Gasteiger partial charge in [-0.3, -0.25) is 0 Å². The average Bonchev–Trinajstić information content (AvgIpc) is 2.65. The van der Waals surface area contributed by atoms with Crippen LogP contribution in [0.4, 0.5) is 0 Å². The smallest absolute Gasteiger partial charge is 0.0701 e. The van der Waals surface area contributed by atoms with Gasteiger partial charge in [0.1, 0.15) is 0 Å². The summed E-state index contributed by atoms with van der Waals surface area (Å²) < 4.78 is 26.8. The molecule has 158 valence electrons. The molecule has 0 saturated carbocycles. The van der Waals surface area contributed by atoms with Crippen molar-refractivity contribution in [3.63, 3.8) is 0 Å². The standard InChI is InChI=1S/C20H42O6/c1-3-4-7-20(2)8-5-6-10-22-12-14-24-16-18-26-19-17-25-15-13-23-11-9-21/h20-21H,3-19H2,1-2H3. The highest BCUT2D eigenvalue weighted by Gasteiger charge is 2.01. The molecule has 0 fully saturated rings. The molecule has 0 bridgehead atoms. The summed E-state index contributed by atoms with van der Waals surface area (Å²) in [5, 5.41) is 8.53. The van der Waals surface area contributed by atoms with Gasteiger partial charge in [-0.05, 0) is 12.3 Å². The summed E-state index contributed by atoms with van der Waals surface area (Å²) in [6.45, 7) is 10.4. The van der Waals surface area contributed by atoms with Gasteiger partial charge in [0, 0.05) is 6.61 Å². The van der Waals surface area contributed by atoms with E-state index in [0.717, 1.165) is 18.9 Å². The average molecular weight is 379 g/mol. The lowest BCUT2D eigenvalue weighted by atomic mass is 9.98. The summed E-state index contributed by atoms with van der Waals surface area (Å²) in [5.41, 5.74) is 0. The Labute approximate surface area is 160 Å². The second-order valence-corrected chi connectivity index (χ2v) is 6.53. The van der Waals surface area contributed by atoms with Gasteiger partial charge in [0.15, 0.2) is 0 Å². The van der Waals surface area contributed by atoms with Gasteiger partial charge in [0.05, 0.1) is 66.1 Å². The first-order valence-electron chi connectivity index (χ1n) is 10.3. The second-order valence-electron chi connectivity index (χ2n) is 6.53. The van der Waals surface area contributed by atoms with Crippen LogP contribution in [0.2, 0.25) is 0 Å². The van der Waals surface area contributed by atoms with Crippen LogP contribution in [0.5, 0.6) is 0 Å². The molecule has 6 heteroatoms. The number of hydrogen-bond acceptors (Lipinski definition) is 6. The minimum absolute atomic E-state index is 0.0482. The van der Waals surface area contributed by atoms with Gasteiger partial charge < -0.3 is 28.8 Å². The van der Waals surface area contributed by atoms with Crippen molar-refractivity contribution in [2.24, 2.45) is 5.92 Å². The number of unbranched alkanes of at least 4 members (excludes halogenated alkanes) is 2. The number of hydrogen-bond donors (Lipinski definition) is 1. The van der Waals surface area contributed by atoms with E-state index in [9.17, 15) is 0 Å². The van der Waals surface area contributed by atoms with Crippen LogP contribution in [0.25, 0.3) is 0 Å². The van der Waals surface area contributed by atoms with Gasteiger partial charge in [-0.1, -0.05) is 46.0 Å². The minimum atomic E-state index is 0.0482. The van der Waals surface area contributed by atoms with Gasteiger partial charge in [0.25, 0.3) is 0 Å². The molecule has 26 heavy (non-hydrogen) atoms. The first kappa shape index (κ1) is 25.8. The Morgan fingerprint density at radius 3 is 1.46 bits per heavy atom. The van der Waals surface area contributed by atoms with Crippen LogP contribution in [0.3, 0.4) is 0 Å². The zero-order valence-electron chi connectivity index (χ0n) is 17.1. The maximum atomic E-state index is 8.53. The van der Waals surface area contributed by atoms with E-state index < -0.39 is 0 Å². The summed E-state index contributed by atoms with van der Waals surface area (Å²) in [4.78, 5) is 0. The normalized spacial score (nSPS) is 12.6. The highest BCUT2D eigenvalue weighted by atomic mass is 16.6. The van der Waals surface area contributed by atoms with E-state index in [1.54, 1.807) is 0 Å². The Bertz CT molecular complexity index is 252. The van der Waals surface area contributed by atoms with Crippen molar-refractivity contribution in [3.8, 4) is 0 Å². The Kier molecular flexibility index (Phi) is 22.6. The molecule has 1 N–H and O–H groups in total. The van der Waals surface area contributed by atoms with E-state index in [0.29, 0.717) is 59.5 Å². The Morgan fingerprint density at radius 1 is 0.577 bits per heavy atom. The molecule has 0 spiro atoms. The lowest BCUT2D eigenvalue weighted by molar-refractivity contribution is -0.0134. The van der Waals surface area contributed by atoms with E-state index >= 15 is 0 Å². The number of ether oxygens (including phenoxy) is 5. The molecule has 1 unspecified atom stereocenters. The molecule has 0 rings (SSSR count). The van der Waals surface area contributed by atoms with Crippen LogP contribution in [-0.4, -0.2) is 77.8 Å². The van der Waals surface area contributed by atoms with E-state index in [2.05, 4.69) is 13.8 Å². The molecule has 0 aliphatic rings. The van der Waals surface area contributed by atoms with E-state index in [-0.39, 0.29) is 6.61 Å². The zero-order valence-corrected chi connectivity index (χ0v) is 17.1. The van der Waals surface area contributed by atoms with Gasteiger partial charge in [0.2, 0.25) is 0 Å². The van der Waals surface area contributed by atoms with E-state index in [1.807, 2.05) is 0 Å². The third-order valence-electron chi connectivity index (χ3n) is 4.01. The van der Waals surface area contributed by atoms with Crippen LogP contribution in [0, 0.1) is 5.92 Å². The van der Waals surface area contributed by atoms with Crippen LogP contribution in [-0.2, 0) is 23.7 Å². The maximum Gasteiger partial charge on any atom is 0.0701 e. The molecular weight excluding hydrogens is 336 g/mol. The number of aliphatic hydroxyl groups excluding tert-OH is 1. The molecular formula is C20H42O6. The Morgan fingerprint density at radius 2 is 1.00 bits per heavy atom. The summed E-state index contributed by atoms with van der Waals surface area (Å²) in [5.74, 6) is 0.850. The zero-order chi connectivity index (χ0) is 19.1. The molecule has 0 saturated heterocycles. The van der Waals surface area contributed by atoms with Crippen molar-refractivity contribution in [2.75, 3.05) is 72.7 Å². The van der Waals surface area contributed by atoms with Crippen LogP contribution < -0.4 is 0 Å². The highest BCUT2D eigenvalue weighted by molar-refractivity contribution is 4.53. The summed E-state index contributed by atoms with van der Waals surface area (Å²) >= 11 is 0. The fourth-order valence-electron chi connectivity index (χ4n) is 2.44. The number of rotatable bonds is 22. The summed E-state index contributed by atoms with van der Waals surface area (Å²) in [7, 11) is 0. The highest BCUT2D eigenvalue weighted by Crippen LogP contribution is 2.14. The van der Waals surface area contributed by atoms with Crippen molar-refractivity contribution in [1.82, 2.24) is 0 Å². The van der Waals surface area contributed by atoms with Crippen molar-refractivity contribution in [1.29, 1.82) is 0 Å². The quantitative estimate of drug-likeness (QED) is 0.292. The second kappa shape index (κ2) is 22.8. The predicted molar refractivity (Wildman–Crippen MR) is 104 cm³/mol. The molecule has 0 aromatic carbocycles.